The molecular weight excluding hydrogens is 344 g/mol. The number of nitrogens with zero attached hydrogens (tertiary/aromatic N) is 1. The fourth-order valence-electron chi connectivity index (χ4n) is 3.98. The van der Waals surface area contributed by atoms with Crippen molar-refractivity contribution >= 4 is 11.7 Å². The minimum absolute atomic E-state index is 0.0534. The van der Waals surface area contributed by atoms with Crippen molar-refractivity contribution in [1.29, 1.82) is 0 Å². The van der Waals surface area contributed by atoms with Crippen LogP contribution in [0.15, 0.2) is 23.3 Å². The van der Waals surface area contributed by atoms with Crippen LogP contribution >= 0.6 is 0 Å². The molecule has 1 aromatic carbocycles. The number of hydrogen-bond donors (Lipinski definition) is 3. The van der Waals surface area contributed by atoms with Crippen LogP contribution in [0.4, 0.5) is 0 Å². The van der Waals surface area contributed by atoms with Gasteiger partial charge in [0, 0.05) is 12.5 Å². The van der Waals surface area contributed by atoms with E-state index in [2.05, 4.69) is 34.0 Å². The number of carbonyl (C=O) groups excluding carboxylic acids is 1. The van der Waals surface area contributed by atoms with Gasteiger partial charge in [-0.2, -0.15) is 5.10 Å². The Balaban J connectivity index is 1.16. The number of hydrogen-bond acceptors (Lipinski definition) is 6. The second-order valence-electron chi connectivity index (χ2n) is 7.69. The molecule has 7 heteroatoms. The number of amides is 1. The van der Waals surface area contributed by atoms with E-state index in [0.29, 0.717) is 38.1 Å². The molecule has 7 nitrogen and oxygen atoms in total. The molecule has 1 fully saturated rings. The molecule has 146 valence electrons. The summed E-state index contributed by atoms with van der Waals surface area (Å²) in [6, 6.07) is 6.47. The third kappa shape index (κ3) is 4.35. The minimum Gasteiger partial charge on any atom is -0.493 e. The molecule has 4 rings (SSSR count). The Morgan fingerprint density at radius 3 is 3.00 bits per heavy atom. The van der Waals surface area contributed by atoms with Crippen LogP contribution in [0.1, 0.15) is 30.4 Å². The Morgan fingerprint density at radius 1 is 1.33 bits per heavy atom. The van der Waals surface area contributed by atoms with Gasteiger partial charge in [-0.15, -0.1) is 0 Å². The summed E-state index contributed by atoms with van der Waals surface area (Å²) >= 11 is 0. The van der Waals surface area contributed by atoms with Gasteiger partial charge < -0.3 is 25.9 Å². The number of nitrogens with one attached hydrogen (secondary N) is 2. The molecule has 1 aromatic rings. The zero-order valence-electron chi connectivity index (χ0n) is 15.6. The molecular formula is C20H28N4O3. The first-order valence-corrected chi connectivity index (χ1v) is 9.89. The monoisotopic (exact) mass is 372 g/mol. The van der Waals surface area contributed by atoms with Gasteiger partial charge in [-0.25, -0.2) is 0 Å². The molecule has 4 N–H and O–H groups in total. The second-order valence-corrected chi connectivity index (χ2v) is 7.69. The average Bonchev–Trinajstić information content (AvgIpc) is 3.33. The fraction of sp³-hybridized carbons (Fsp3) is 0.600. The van der Waals surface area contributed by atoms with Gasteiger partial charge in [0.25, 0.3) is 0 Å². The van der Waals surface area contributed by atoms with Crippen LogP contribution in [-0.2, 0) is 22.4 Å². The molecule has 0 bridgehead atoms. The molecule has 0 aromatic heterocycles. The second kappa shape index (κ2) is 8.17. The molecule has 1 saturated heterocycles. The van der Waals surface area contributed by atoms with Crippen LogP contribution in [0.3, 0.4) is 0 Å². The Morgan fingerprint density at radius 2 is 2.22 bits per heavy atom. The van der Waals surface area contributed by atoms with E-state index in [1.54, 1.807) is 0 Å². The number of benzene rings is 1. The number of nitrogens with two attached hydrogens (primary N) is 1. The van der Waals surface area contributed by atoms with E-state index in [1.165, 1.54) is 30.4 Å². The number of aryl methyl sites for hydroxylation is 2. The van der Waals surface area contributed by atoms with Crippen molar-refractivity contribution in [1.82, 2.24) is 10.7 Å². The molecule has 2 heterocycles. The zero-order valence-corrected chi connectivity index (χ0v) is 15.6. The van der Waals surface area contributed by atoms with Gasteiger partial charge in [0.05, 0.1) is 25.9 Å². The standard InChI is InChI=1S/C20H28N4O3/c21-19-18(10-23-24-19)20(25)22-9-17-6-4-13(12-27-17)11-26-16-7-5-14-2-1-3-15(14)8-16/h5,7-8,13,17-18,23H,1-4,6,9-12H2,(H2,21,24)(H,22,25)/t13-,17+,18?/m0/s1. The Bertz CT molecular complexity index is 713. The van der Waals surface area contributed by atoms with Gasteiger partial charge in [-0.3, -0.25) is 4.79 Å². The highest BCUT2D eigenvalue weighted by Crippen LogP contribution is 2.27. The summed E-state index contributed by atoms with van der Waals surface area (Å²) in [4.78, 5) is 12.1. The lowest BCUT2D eigenvalue weighted by atomic mass is 9.99. The van der Waals surface area contributed by atoms with Crippen molar-refractivity contribution in [3.63, 3.8) is 0 Å². The number of ether oxygens (including phenoxy) is 2. The maximum absolute atomic E-state index is 12.1. The van der Waals surface area contributed by atoms with E-state index in [0.717, 1.165) is 18.6 Å². The van der Waals surface area contributed by atoms with E-state index in [4.69, 9.17) is 15.2 Å². The van der Waals surface area contributed by atoms with Crippen molar-refractivity contribution in [3.05, 3.63) is 29.3 Å². The van der Waals surface area contributed by atoms with Crippen LogP contribution in [0.2, 0.25) is 0 Å². The van der Waals surface area contributed by atoms with Crippen LogP contribution in [-0.4, -0.2) is 44.2 Å². The third-order valence-electron chi connectivity index (χ3n) is 5.70. The maximum Gasteiger partial charge on any atom is 0.232 e. The topological polar surface area (TPSA) is 98.0 Å². The van der Waals surface area contributed by atoms with Gasteiger partial charge >= 0.3 is 0 Å². The van der Waals surface area contributed by atoms with Gasteiger partial charge in [0.15, 0.2) is 0 Å². The molecule has 27 heavy (non-hydrogen) atoms. The lowest BCUT2D eigenvalue weighted by Crippen LogP contribution is -2.44. The predicted molar refractivity (Wildman–Crippen MR) is 103 cm³/mol. The Kier molecular flexibility index (Phi) is 5.48. The van der Waals surface area contributed by atoms with E-state index < -0.39 is 0 Å². The van der Waals surface area contributed by atoms with Gasteiger partial charge in [-0.1, -0.05) is 6.07 Å². The molecule has 1 amide bonds. The highest BCUT2D eigenvalue weighted by atomic mass is 16.5. The first-order valence-electron chi connectivity index (χ1n) is 9.89. The summed E-state index contributed by atoms with van der Waals surface area (Å²) in [5, 5.41) is 6.77. The molecule has 1 aliphatic carbocycles. The molecule has 0 saturated carbocycles. The molecule has 3 atom stereocenters. The molecule has 2 aliphatic heterocycles. The lowest BCUT2D eigenvalue weighted by molar-refractivity contribution is -0.123. The molecule has 0 spiro atoms. The zero-order chi connectivity index (χ0) is 18.6. The number of rotatable bonds is 6. The Labute approximate surface area is 159 Å². The van der Waals surface area contributed by atoms with Gasteiger partial charge in [0.2, 0.25) is 5.91 Å². The summed E-state index contributed by atoms with van der Waals surface area (Å²) in [6.45, 7) is 2.32. The van der Waals surface area contributed by atoms with Crippen LogP contribution in [0, 0.1) is 11.8 Å². The SMILES string of the molecule is NC1=NNCC1C(=O)NC[C@H]1CC[C@@H](COc2ccc3c(c2)CCC3)CO1. The Hall–Kier alpha value is -2.28. The predicted octanol–water partition coefficient (Wildman–Crippen LogP) is 0.957. The molecule has 0 radical (unpaired) electrons. The van der Waals surface area contributed by atoms with Gasteiger partial charge in [-0.05, 0) is 55.4 Å². The van der Waals surface area contributed by atoms with E-state index in [-0.39, 0.29) is 17.9 Å². The maximum atomic E-state index is 12.1. The lowest BCUT2D eigenvalue weighted by Gasteiger charge is -2.29. The summed E-state index contributed by atoms with van der Waals surface area (Å²) in [5.74, 6) is 1.25. The average molecular weight is 372 g/mol. The van der Waals surface area contributed by atoms with Crippen molar-refractivity contribution in [2.45, 2.75) is 38.2 Å². The van der Waals surface area contributed by atoms with Crippen molar-refractivity contribution in [3.8, 4) is 5.75 Å². The van der Waals surface area contributed by atoms with E-state index >= 15 is 0 Å². The normalized spacial score (nSPS) is 26.8. The summed E-state index contributed by atoms with van der Waals surface area (Å²) in [7, 11) is 0. The largest absolute Gasteiger partial charge is 0.493 e. The van der Waals surface area contributed by atoms with Crippen LogP contribution in [0.5, 0.6) is 5.75 Å². The highest BCUT2D eigenvalue weighted by Gasteiger charge is 2.28. The van der Waals surface area contributed by atoms with E-state index in [1.807, 2.05) is 0 Å². The van der Waals surface area contributed by atoms with Crippen LogP contribution in [0.25, 0.3) is 0 Å². The first-order chi connectivity index (χ1) is 13.2. The third-order valence-corrected chi connectivity index (χ3v) is 5.70. The molecule has 3 aliphatic rings. The molecule has 1 unspecified atom stereocenters. The number of fused-ring (bicyclic) bond motifs is 1. The first kappa shape index (κ1) is 18.1. The van der Waals surface area contributed by atoms with Crippen molar-refractivity contribution in [2.24, 2.45) is 22.7 Å². The number of amidine groups is 1. The van der Waals surface area contributed by atoms with Crippen molar-refractivity contribution < 1.29 is 14.3 Å². The number of carbonyl (C=O) groups is 1. The number of hydrazone groups is 1. The smallest absolute Gasteiger partial charge is 0.232 e. The van der Waals surface area contributed by atoms with E-state index in [9.17, 15) is 4.79 Å². The minimum atomic E-state index is -0.373. The quantitative estimate of drug-likeness (QED) is 0.691. The summed E-state index contributed by atoms with van der Waals surface area (Å²) in [6.07, 6.45) is 5.63. The van der Waals surface area contributed by atoms with Crippen LogP contribution < -0.4 is 21.2 Å². The van der Waals surface area contributed by atoms with Crippen molar-refractivity contribution in [2.75, 3.05) is 26.3 Å². The summed E-state index contributed by atoms with van der Waals surface area (Å²) < 4.78 is 11.9. The highest BCUT2D eigenvalue weighted by molar-refractivity contribution is 6.03. The summed E-state index contributed by atoms with van der Waals surface area (Å²) in [5.41, 5.74) is 11.3. The van der Waals surface area contributed by atoms with Gasteiger partial charge in [0.1, 0.15) is 17.5 Å². The fourth-order valence-corrected chi connectivity index (χ4v) is 3.98.